The van der Waals surface area contributed by atoms with Gasteiger partial charge in [0, 0.05) is 24.5 Å². The molecule has 1 atom stereocenters. The van der Waals surface area contributed by atoms with Crippen LogP contribution >= 0.6 is 0 Å². The highest BCUT2D eigenvalue weighted by Gasteiger charge is 2.37. The first kappa shape index (κ1) is 18.5. The van der Waals surface area contributed by atoms with Gasteiger partial charge in [0.05, 0.1) is 11.7 Å². The third-order valence-corrected chi connectivity index (χ3v) is 4.93. The average Bonchev–Trinajstić information content (AvgIpc) is 3.38. The standard InChI is InChI=1S/C18H19F3N6O/c1-10(2)12-8-15(18(19,20)21)27-16(23-12)9-13(25-27)14-4-3-7-26(14)17(28)11-5-6-22-24-11/h5-6,8-10,14H,3-4,7H2,1-2H3,(H,22,24). The van der Waals surface area contributed by atoms with Gasteiger partial charge in [0.25, 0.3) is 5.91 Å². The summed E-state index contributed by atoms with van der Waals surface area (Å²) in [6.07, 6.45) is -1.71. The minimum Gasteiger partial charge on any atom is -0.329 e. The number of H-pyrrole nitrogens is 1. The third kappa shape index (κ3) is 3.12. The first-order valence-corrected chi connectivity index (χ1v) is 9.04. The van der Waals surface area contributed by atoms with Crippen LogP contribution in [0.4, 0.5) is 13.2 Å². The van der Waals surface area contributed by atoms with Crippen LogP contribution in [0.1, 0.15) is 66.2 Å². The lowest BCUT2D eigenvalue weighted by molar-refractivity contribution is -0.142. The van der Waals surface area contributed by atoms with Gasteiger partial charge in [-0.25, -0.2) is 9.50 Å². The number of rotatable bonds is 3. The molecular formula is C18H19F3N6O. The molecule has 0 aromatic carbocycles. The Hall–Kier alpha value is -2.91. The summed E-state index contributed by atoms with van der Waals surface area (Å²) in [5.74, 6) is -0.404. The van der Waals surface area contributed by atoms with Crippen molar-refractivity contribution >= 4 is 11.6 Å². The van der Waals surface area contributed by atoms with E-state index in [0.717, 1.165) is 17.0 Å². The first-order valence-electron chi connectivity index (χ1n) is 9.04. The van der Waals surface area contributed by atoms with E-state index in [1.807, 2.05) is 0 Å². The lowest BCUT2D eigenvalue weighted by atomic mass is 10.1. The van der Waals surface area contributed by atoms with Gasteiger partial charge in [0.2, 0.25) is 0 Å². The number of carbonyl (C=O) groups excluding carboxylic acids is 1. The van der Waals surface area contributed by atoms with E-state index >= 15 is 0 Å². The van der Waals surface area contributed by atoms with E-state index in [-0.39, 0.29) is 17.5 Å². The number of halogens is 3. The zero-order valence-electron chi connectivity index (χ0n) is 15.4. The number of likely N-dealkylation sites (tertiary alicyclic amines) is 1. The highest BCUT2D eigenvalue weighted by atomic mass is 19.4. The zero-order valence-corrected chi connectivity index (χ0v) is 15.4. The van der Waals surface area contributed by atoms with E-state index in [4.69, 9.17) is 0 Å². The Morgan fingerprint density at radius 3 is 2.75 bits per heavy atom. The lowest BCUT2D eigenvalue weighted by Gasteiger charge is -2.22. The minimum atomic E-state index is -4.56. The fourth-order valence-corrected chi connectivity index (χ4v) is 3.52. The topological polar surface area (TPSA) is 79.2 Å². The molecule has 3 aromatic heterocycles. The molecule has 4 heterocycles. The number of amides is 1. The van der Waals surface area contributed by atoms with Crippen molar-refractivity contribution in [1.29, 1.82) is 0 Å². The van der Waals surface area contributed by atoms with Crippen LogP contribution in [0, 0.1) is 0 Å². The van der Waals surface area contributed by atoms with Crippen LogP contribution in [0.5, 0.6) is 0 Å². The molecular weight excluding hydrogens is 373 g/mol. The molecule has 1 aliphatic heterocycles. The lowest BCUT2D eigenvalue weighted by Crippen LogP contribution is -2.31. The van der Waals surface area contributed by atoms with Gasteiger partial charge in [-0.1, -0.05) is 13.8 Å². The molecule has 1 unspecified atom stereocenters. The quantitative estimate of drug-likeness (QED) is 0.739. The second kappa shape index (κ2) is 6.61. The second-order valence-corrected chi connectivity index (χ2v) is 7.18. The van der Waals surface area contributed by atoms with Crippen molar-refractivity contribution in [2.75, 3.05) is 6.54 Å². The molecule has 1 aliphatic rings. The molecule has 0 spiro atoms. The summed E-state index contributed by atoms with van der Waals surface area (Å²) in [5, 5.41) is 10.6. The molecule has 3 aromatic rings. The number of aromatic amines is 1. The van der Waals surface area contributed by atoms with E-state index in [2.05, 4.69) is 20.3 Å². The molecule has 0 bridgehead atoms. The predicted octanol–water partition coefficient (Wildman–Crippen LogP) is 3.57. The SMILES string of the molecule is CC(C)c1cc(C(F)(F)F)n2nc(C3CCCN3C(=O)c3ccn[nH]3)cc2n1. The summed E-state index contributed by atoms with van der Waals surface area (Å²) < 4.78 is 41.6. The predicted molar refractivity (Wildman–Crippen MR) is 93.7 cm³/mol. The van der Waals surface area contributed by atoms with Crippen LogP contribution in [-0.2, 0) is 6.18 Å². The van der Waals surface area contributed by atoms with E-state index in [0.29, 0.717) is 30.0 Å². The maximum absolute atomic E-state index is 13.6. The van der Waals surface area contributed by atoms with E-state index in [1.165, 1.54) is 6.20 Å². The van der Waals surface area contributed by atoms with Crippen molar-refractivity contribution in [3.05, 3.63) is 47.2 Å². The highest BCUT2D eigenvalue weighted by molar-refractivity contribution is 5.92. The maximum Gasteiger partial charge on any atom is 0.433 e. The number of alkyl halides is 3. The monoisotopic (exact) mass is 392 g/mol. The summed E-state index contributed by atoms with van der Waals surface area (Å²) in [4.78, 5) is 18.7. The summed E-state index contributed by atoms with van der Waals surface area (Å²) in [6.45, 7) is 4.09. The molecule has 7 nitrogen and oxygen atoms in total. The van der Waals surface area contributed by atoms with Crippen molar-refractivity contribution in [3.8, 4) is 0 Å². The molecule has 28 heavy (non-hydrogen) atoms. The zero-order chi connectivity index (χ0) is 20.1. The fraction of sp³-hybridized carbons (Fsp3) is 0.444. The third-order valence-electron chi connectivity index (χ3n) is 4.93. The number of hydrogen-bond acceptors (Lipinski definition) is 4. The molecule has 0 aliphatic carbocycles. The van der Waals surface area contributed by atoms with Crippen LogP contribution in [0.3, 0.4) is 0 Å². The Morgan fingerprint density at radius 1 is 1.32 bits per heavy atom. The van der Waals surface area contributed by atoms with Gasteiger partial charge in [-0.05, 0) is 30.9 Å². The van der Waals surface area contributed by atoms with Gasteiger partial charge in [-0.3, -0.25) is 9.89 Å². The van der Waals surface area contributed by atoms with Crippen LogP contribution in [0.15, 0.2) is 24.4 Å². The number of carbonyl (C=O) groups is 1. The Kier molecular flexibility index (Phi) is 4.35. The number of nitrogens with one attached hydrogen (secondary N) is 1. The van der Waals surface area contributed by atoms with Gasteiger partial charge < -0.3 is 4.90 Å². The van der Waals surface area contributed by atoms with Crippen LogP contribution in [-0.4, -0.2) is 42.1 Å². The number of fused-ring (bicyclic) bond motifs is 1. The molecule has 1 N–H and O–H groups in total. The van der Waals surface area contributed by atoms with Crippen molar-refractivity contribution in [2.45, 2.75) is 44.8 Å². The van der Waals surface area contributed by atoms with Gasteiger partial charge in [0.1, 0.15) is 11.4 Å². The Bertz CT molecular complexity index is 1010. The van der Waals surface area contributed by atoms with Crippen molar-refractivity contribution in [2.24, 2.45) is 0 Å². The average molecular weight is 392 g/mol. The summed E-state index contributed by atoms with van der Waals surface area (Å²) in [7, 11) is 0. The summed E-state index contributed by atoms with van der Waals surface area (Å²) in [6, 6.07) is 3.75. The van der Waals surface area contributed by atoms with Crippen molar-refractivity contribution in [3.63, 3.8) is 0 Å². The molecule has 1 fully saturated rings. The molecule has 10 heteroatoms. The van der Waals surface area contributed by atoms with E-state index in [9.17, 15) is 18.0 Å². The van der Waals surface area contributed by atoms with Gasteiger partial charge in [0.15, 0.2) is 5.65 Å². The first-order chi connectivity index (χ1) is 13.3. The smallest absolute Gasteiger partial charge is 0.329 e. The van der Waals surface area contributed by atoms with Gasteiger partial charge in [-0.2, -0.15) is 23.4 Å². The summed E-state index contributed by atoms with van der Waals surface area (Å²) >= 11 is 0. The molecule has 148 valence electrons. The fourth-order valence-electron chi connectivity index (χ4n) is 3.52. The van der Waals surface area contributed by atoms with Crippen LogP contribution < -0.4 is 0 Å². The largest absolute Gasteiger partial charge is 0.433 e. The molecule has 0 radical (unpaired) electrons. The van der Waals surface area contributed by atoms with Gasteiger partial charge >= 0.3 is 6.18 Å². The normalized spacial score (nSPS) is 17.8. The van der Waals surface area contributed by atoms with Crippen molar-refractivity contribution in [1.82, 2.24) is 29.7 Å². The maximum atomic E-state index is 13.6. The van der Waals surface area contributed by atoms with E-state index in [1.54, 1.807) is 30.9 Å². The molecule has 4 rings (SSSR count). The summed E-state index contributed by atoms with van der Waals surface area (Å²) in [5.41, 5.74) is 0.366. The Labute approximate surface area is 158 Å². The van der Waals surface area contributed by atoms with E-state index < -0.39 is 17.9 Å². The highest BCUT2D eigenvalue weighted by Crippen LogP contribution is 2.35. The second-order valence-electron chi connectivity index (χ2n) is 7.18. The number of nitrogens with zero attached hydrogens (tertiary/aromatic N) is 5. The Morgan fingerprint density at radius 2 is 2.11 bits per heavy atom. The number of aromatic nitrogens is 5. The van der Waals surface area contributed by atoms with Gasteiger partial charge in [-0.15, -0.1) is 0 Å². The van der Waals surface area contributed by atoms with Crippen molar-refractivity contribution < 1.29 is 18.0 Å². The Balaban J connectivity index is 1.78. The molecule has 1 amide bonds. The number of hydrogen-bond donors (Lipinski definition) is 1. The minimum absolute atomic E-state index is 0.134. The molecule has 0 saturated carbocycles. The van der Waals surface area contributed by atoms with Crippen LogP contribution in [0.25, 0.3) is 5.65 Å². The van der Waals surface area contributed by atoms with Crippen LogP contribution in [0.2, 0.25) is 0 Å². The molecule has 1 saturated heterocycles.